The number of rotatable bonds is 5. The topological polar surface area (TPSA) is 112 Å². The van der Waals surface area contributed by atoms with Crippen LogP contribution in [0.5, 0.6) is 11.5 Å². The number of piperazine rings is 1. The minimum Gasteiger partial charge on any atom is -0.456 e. The minimum absolute atomic E-state index is 0.00293. The number of nitrogens with one attached hydrogen (secondary N) is 1. The zero-order chi connectivity index (χ0) is 18.6. The fourth-order valence-corrected chi connectivity index (χ4v) is 4.19. The molecular weight excluding hydrogens is 356 g/mol. The quantitative estimate of drug-likeness (QED) is 0.806. The number of nitrogens with zero attached hydrogens (tertiary/aromatic N) is 3. The smallest absolute Gasteiger partial charge is 0.246 e. The van der Waals surface area contributed by atoms with Gasteiger partial charge in [0.2, 0.25) is 10.0 Å². The summed E-state index contributed by atoms with van der Waals surface area (Å²) in [5, 5.41) is 14.9. The maximum atomic E-state index is 13.0. The van der Waals surface area contributed by atoms with Crippen LogP contribution in [0.1, 0.15) is 5.56 Å². The predicted octanol–water partition coefficient (Wildman–Crippen LogP) is 2.34. The van der Waals surface area contributed by atoms with Crippen molar-refractivity contribution < 1.29 is 13.2 Å². The van der Waals surface area contributed by atoms with E-state index in [1.54, 1.807) is 18.2 Å². The fraction of sp³-hybridized carbons (Fsp3) is 0.235. The predicted molar refractivity (Wildman–Crippen MR) is 94.8 cm³/mol. The summed E-state index contributed by atoms with van der Waals surface area (Å²) in [7, 11) is -3.86. The number of hydrogen-bond donors (Lipinski definition) is 1. The number of benzene rings is 2. The average molecular weight is 372 g/mol. The highest BCUT2D eigenvalue weighted by Crippen LogP contribution is 2.34. The Labute approximate surface area is 151 Å². The Hall–Kier alpha value is -2.80. The molecule has 3 rings (SSSR count). The second-order valence-corrected chi connectivity index (χ2v) is 7.52. The summed E-state index contributed by atoms with van der Waals surface area (Å²) in [6.07, 6.45) is 0. The molecule has 1 saturated heterocycles. The molecule has 134 valence electrons. The summed E-state index contributed by atoms with van der Waals surface area (Å²) in [6, 6.07) is 12.4. The van der Waals surface area contributed by atoms with E-state index in [4.69, 9.17) is 10.00 Å². The molecule has 0 aromatic heterocycles. The molecule has 0 aliphatic carbocycles. The standard InChI is InChI=1S/C17H16N4O4S/c18-12-13-2-1-3-15(10-13)25-16-5-4-14(20-22)11-17(16)26(23,24)21-8-6-19-7-9-21/h1-5,10-11,19H,6-9H2. The van der Waals surface area contributed by atoms with E-state index in [9.17, 15) is 13.3 Å². The maximum Gasteiger partial charge on any atom is 0.246 e. The molecule has 1 N–H and O–H groups in total. The molecular formula is C17H16N4O4S. The van der Waals surface area contributed by atoms with Crippen LogP contribution in [0.3, 0.4) is 0 Å². The molecule has 2 aromatic rings. The average Bonchev–Trinajstić information content (AvgIpc) is 2.69. The molecule has 0 atom stereocenters. The molecule has 26 heavy (non-hydrogen) atoms. The van der Waals surface area contributed by atoms with Crippen LogP contribution in [0.25, 0.3) is 0 Å². The first kappa shape index (κ1) is 18.0. The largest absolute Gasteiger partial charge is 0.456 e. The molecule has 0 saturated carbocycles. The van der Waals surface area contributed by atoms with Crippen molar-refractivity contribution in [3.05, 3.63) is 52.9 Å². The normalized spacial score (nSPS) is 15.2. The van der Waals surface area contributed by atoms with Gasteiger partial charge in [-0.1, -0.05) is 6.07 Å². The first-order valence-corrected chi connectivity index (χ1v) is 9.35. The summed E-state index contributed by atoms with van der Waals surface area (Å²) >= 11 is 0. The molecule has 0 amide bonds. The third-order valence-electron chi connectivity index (χ3n) is 3.92. The fourth-order valence-electron chi connectivity index (χ4n) is 2.62. The van der Waals surface area contributed by atoms with E-state index in [1.807, 2.05) is 6.07 Å². The molecule has 1 heterocycles. The van der Waals surface area contributed by atoms with Crippen molar-refractivity contribution in [2.24, 2.45) is 5.18 Å². The summed E-state index contributed by atoms with van der Waals surface area (Å²) in [6.45, 7) is 1.74. The zero-order valence-electron chi connectivity index (χ0n) is 13.8. The van der Waals surface area contributed by atoms with E-state index in [-0.39, 0.29) is 16.3 Å². The van der Waals surface area contributed by atoms with Gasteiger partial charge in [-0.05, 0) is 41.6 Å². The second kappa shape index (κ2) is 7.61. The lowest BCUT2D eigenvalue weighted by atomic mass is 10.2. The molecule has 1 fully saturated rings. The van der Waals surface area contributed by atoms with Crippen LogP contribution in [-0.4, -0.2) is 38.9 Å². The number of sulfonamides is 1. The Kier molecular flexibility index (Phi) is 5.27. The number of nitriles is 1. The van der Waals surface area contributed by atoms with Crippen molar-refractivity contribution in [1.29, 1.82) is 5.26 Å². The highest BCUT2D eigenvalue weighted by Gasteiger charge is 2.29. The van der Waals surface area contributed by atoms with Gasteiger partial charge in [-0.2, -0.15) is 9.57 Å². The van der Waals surface area contributed by atoms with E-state index in [2.05, 4.69) is 10.5 Å². The van der Waals surface area contributed by atoms with Crippen molar-refractivity contribution in [2.45, 2.75) is 4.90 Å². The first-order chi connectivity index (χ1) is 12.5. The van der Waals surface area contributed by atoms with Crippen LogP contribution in [-0.2, 0) is 10.0 Å². The van der Waals surface area contributed by atoms with Gasteiger partial charge in [0, 0.05) is 26.2 Å². The van der Waals surface area contributed by atoms with Crippen LogP contribution < -0.4 is 10.1 Å². The van der Waals surface area contributed by atoms with Gasteiger partial charge in [-0.3, -0.25) is 0 Å². The van der Waals surface area contributed by atoms with Crippen molar-refractivity contribution in [3.63, 3.8) is 0 Å². The molecule has 1 aliphatic heterocycles. The summed E-state index contributed by atoms with van der Waals surface area (Å²) in [4.78, 5) is 10.7. The third-order valence-corrected chi connectivity index (χ3v) is 5.84. The van der Waals surface area contributed by atoms with Crippen molar-refractivity contribution >= 4 is 15.7 Å². The van der Waals surface area contributed by atoms with Gasteiger partial charge >= 0.3 is 0 Å². The highest BCUT2D eigenvalue weighted by molar-refractivity contribution is 7.89. The van der Waals surface area contributed by atoms with Gasteiger partial charge in [0.05, 0.1) is 11.6 Å². The lowest BCUT2D eigenvalue weighted by Gasteiger charge is -2.27. The Morgan fingerprint density at radius 3 is 2.62 bits per heavy atom. The van der Waals surface area contributed by atoms with E-state index < -0.39 is 10.0 Å². The number of hydrogen-bond acceptors (Lipinski definition) is 7. The molecule has 0 unspecified atom stereocenters. The Morgan fingerprint density at radius 2 is 1.92 bits per heavy atom. The van der Waals surface area contributed by atoms with Crippen LogP contribution in [0, 0.1) is 16.2 Å². The monoisotopic (exact) mass is 372 g/mol. The van der Waals surface area contributed by atoms with Gasteiger partial charge in [-0.15, -0.1) is 4.91 Å². The minimum atomic E-state index is -3.86. The number of nitroso groups, excluding NO2 is 1. The van der Waals surface area contributed by atoms with Crippen LogP contribution in [0.4, 0.5) is 5.69 Å². The maximum absolute atomic E-state index is 13.0. The van der Waals surface area contributed by atoms with E-state index in [0.29, 0.717) is 37.5 Å². The summed E-state index contributed by atoms with van der Waals surface area (Å²) < 4.78 is 33.1. The Balaban J connectivity index is 2.02. The van der Waals surface area contributed by atoms with Gasteiger partial charge in [-0.25, -0.2) is 8.42 Å². The van der Waals surface area contributed by atoms with E-state index >= 15 is 0 Å². The van der Waals surface area contributed by atoms with Crippen LogP contribution in [0.15, 0.2) is 52.5 Å². The van der Waals surface area contributed by atoms with Crippen molar-refractivity contribution in [2.75, 3.05) is 26.2 Å². The van der Waals surface area contributed by atoms with Gasteiger partial charge in [0.25, 0.3) is 0 Å². The molecule has 2 aromatic carbocycles. The second-order valence-electron chi connectivity index (χ2n) is 5.62. The lowest BCUT2D eigenvalue weighted by molar-refractivity contribution is 0.358. The summed E-state index contributed by atoms with van der Waals surface area (Å²) in [5.41, 5.74) is 0.386. The van der Waals surface area contributed by atoms with E-state index in [1.165, 1.54) is 28.6 Å². The molecule has 8 nitrogen and oxygen atoms in total. The lowest BCUT2D eigenvalue weighted by Crippen LogP contribution is -2.46. The zero-order valence-corrected chi connectivity index (χ0v) is 14.6. The Morgan fingerprint density at radius 1 is 1.15 bits per heavy atom. The van der Waals surface area contributed by atoms with Crippen molar-refractivity contribution in [3.8, 4) is 17.6 Å². The van der Waals surface area contributed by atoms with Gasteiger partial charge in [0.15, 0.2) is 0 Å². The van der Waals surface area contributed by atoms with Crippen LogP contribution >= 0.6 is 0 Å². The number of ether oxygens (including phenoxy) is 1. The van der Waals surface area contributed by atoms with Gasteiger partial charge in [0.1, 0.15) is 22.1 Å². The molecule has 0 radical (unpaired) electrons. The van der Waals surface area contributed by atoms with E-state index in [0.717, 1.165) is 0 Å². The molecule has 0 spiro atoms. The van der Waals surface area contributed by atoms with Crippen LogP contribution in [0.2, 0.25) is 0 Å². The Bertz CT molecular complexity index is 963. The van der Waals surface area contributed by atoms with Gasteiger partial charge < -0.3 is 10.1 Å². The first-order valence-electron chi connectivity index (χ1n) is 7.91. The van der Waals surface area contributed by atoms with Crippen molar-refractivity contribution in [1.82, 2.24) is 9.62 Å². The third kappa shape index (κ3) is 3.72. The molecule has 1 aliphatic rings. The SMILES string of the molecule is N#Cc1cccc(Oc2ccc(N=O)cc2S(=O)(=O)N2CCNCC2)c1. The summed E-state index contributed by atoms with van der Waals surface area (Å²) in [5.74, 6) is 0.402. The molecule has 0 bridgehead atoms. The highest BCUT2D eigenvalue weighted by atomic mass is 32.2. The molecule has 9 heteroatoms.